The molecule has 11 heteroatoms. The number of hydrogen-bond acceptors (Lipinski definition) is 5. The number of ether oxygens (including phenoxy) is 2. The lowest BCUT2D eigenvalue weighted by atomic mass is 9.81. The van der Waals surface area contributed by atoms with Gasteiger partial charge in [0.05, 0.1) is 32.7 Å². The molecule has 1 aromatic heterocycles. The van der Waals surface area contributed by atoms with Crippen LogP contribution in [-0.4, -0.2) is 64.9 Å². The molecule has 0 saturated carbocycles. The molecular formula is C23H24F4N2O5. The van der Waals surface area contributed by atoms with Crippen molar-refractivity contribution in [2.45, 2.75) is 31.2 Å². The molecule has 4 rings (SSSR count). The number of aliphatic carboxylic acids is 1. The molecule has 3 heterocycles. The van der Waals surface area contributed by atoms with Crippen molar-refractivity contribution in [2.24, 2.45) is 5.92 Å². The van der Waals surface area contributed by atoms with E-state index in [1.54, 1.807) is 24.5 Å². The van der Waals surface area contributed by atoms with Crippen LogP contribution in [0.15, 0.2) is 48.8 Å². The number of carboxylic acids is 1. The van der Waals surface area contributed by atoms with Crippen molar-refractivity contribution < 1.29 is 41.7 Å². The average Bonchev–Trinajstić information content (AvgIpc) is 3.19. The number of alkyl halides is 3. The van der Waals surface area contributed by atoms with Gasteiger partial charge in [0.2, 0.25) is 5.91 Å². The lowest BCUT2D eigenvalue weighted by molar-refractivity contribution is -0.192. The third-order valence-electron chi connectivity index (χ3n) is 5.72. The second-order valence-electron chi connectivity index (χ2n) is 8.13. The van der Waals surface area contributed by atoms with E-state index in [9.17, 15) is 22.4 Å². The molecule has 1 unspecified atom stereocenters. The third-order valence-corrected chi connectivity index (χ3v) is 5.72. The molecule has 7 nitrogen and oxygen atoms in total. The quantitative estimate of drug-likeness (QED) is 0.634. The molecule has 2 saturated heterocycles. The molecule has 1 amide bonds. The fourth-order valence-corrected chi connectivity index (χ4v) is 3.83. The van der Waals surface area contributed by atoms with Crippen LogP contribution in [-0.2, 0) is 32.1 Å². The fraction of sp³-hybridized carbons (Fsp3) is 0.435. The molecule has 2 aliphatic heterocycles. The van der Waals surface area contributed by atoms with Crippen molar-refractivity contribution in [1.82, 2.24) is 9.88 Å². The number of halogens is 4. The highest BCUT2D eigenvalue weighted by Gasteiger charge is 2.54. The number of amides is 1. The lowest BCUT2D eigenvalue weighted by Crippen LogP contribution is -2.66. The standard InChI is InChI=1S/C21H23FN2O3.C2HF3O2/c22-19-3-1-16(2-4-19)11-20(25)24-14-21(15-24)18(7-10-27-21)13-26-12-17-5-8-23-9-6-17;3-2(4,5)1(6)7/h1-6,8-9,18H,7,10-15H2;(H,6,7). The van der Waals surface area contributed by atoms with E-state index < -0.39 is 12.1 Å². The monoisotopic (exact) mass is 484 g/mol. The molecule has 2 aliphatic rings. The first-order valence-corrected chi connectivity index (χ1v) is 10.5. The minimum atomic E-state index is -5.08. The van der Waals surface area contributed by atoms with Gasteiger partial charge in [-0.3, -0.25) is 9.78 Å². The Morgan fingerprint density at radius 2 is 1.74 bits per heavy atom. The number of aromatic nitrogens is 1. The summed E-state index contributed by atoms with van der Waals surface area (Å²) >= 11 is 0. The normalized spacial score (nSPS) is 18.7. The second kappa shape index (κ2) is 10.9. The summed E-state index contributed by atoms with van der Waals surface area (Å²) in [5.74, 6) is -2.69. The van der Waals surface area contributed by atoms with E-state index in [4.69, 9.17) is 19.4 Å². The summed E-state index contributed by atoms with van der Waals surface area (Å²) in [5.41, 5.74) is 1.66. The van der Waals surface area contributed by atoms with Crippen LogP contribution >= 0.6 is 0 Å². The number of carboxylic acid groups (broad SMARTS) is 1. The minimum absolute atomic E-state index is 0.0548. The van der Waals surface area contributed by atoms with Gasteiger partial charge in [0, 0.05) is 24.9 Å². The minimum Gasteiger partial charge on any atom is -0.475 e. The highest BCUT2D eigenvalue weighted by Crippen LogP contribution is 2.40. The predicted octanol–water partition coefficient (Wildman–Crippen LogP) is 3.23. The van der Waals surface area contributed by atoms with Crippen LogP contribution in [0, 0.1) is 11.7 Å². The summed E-state index contributed by atoms with van der Waals surface area (Å²) in [7, 11) is 0. The highest BCUT2D eigenvalue weighted by atomic mass is 19.4. The van der Waals surface area contributed by atoms with Crippen molar-refractivity contribution in [3.05, 3.63) is 65.7 Å². The Labute approximate surface area is 193 Å². The molecule has 0 radical (unpaired) electrons. The van der Waals surface area contributed by atoms with Gasteiger partial charge in [-0.15, -0.1) is 0 Å². The van der Waals surface area contributed by atoms with E-state index in [2.05, 4.69) is 4.98 Å². The van der Waals surface area contributed by atoms with Crippen molar-refractivity contribution >= 4 is 11.9 Å². The number of likely N-dealkylation sites (tertiary alicyclic amines) is 1. The summed E-state index contributed by atoms with van der Waals surface area (Å²) in [6.07, 6.45) is -0.319. The van der Waals surface area contributed by atoms with Gasteiger partial charge in [0.25, 0.3) is 0 Å². The lowest BCUT2D eigenvalue weighted by Gasteiger charge is -2.50. The van der Waals surface area contributed by atoms with E-state index in [1.807, 2.05) is 17.0 Å². The number of nitrogens with zero attached hydrogens (tertiary/aromatic N) is 2. The van der Waals surface area contributed by atoms with E-state index in [1.165, 1.54) is 12.1 Å². The maximum Gasteiger partial charge on any atom is 0.490 e. The first-order valence-electron chi connectivity index (χ1n) is 10.5. The van der Waals surface area contributed by atoms with Crippen molar-refractivity contribution in [3.63, 3.8) is 0 Å². The van der Waals surface area contributed by atoms with Crippen molar-refractivity contribution in [3.8, 4) is 0 Å². The van der Waals surface area contributed by atoms with Crippen LogP contribution in [0.1, 0.15) is 17.5 Å². The smallest absolute Gasteiger partial charge is 0.475 e. The molecule has 1 aromatic carbocycles. The molecule has 0 bridgehead atoms. The van der Waals surface area contributed by atoms with Gasteiger partial charge in [-0.2, -0.15) is 13.2 Å². The zero-order chi connectivity index (χ0) is 24.8. The molecule has 34 heavy (non-hydrogen) atoms. The summed E-state index contributed by atoms with van der Waals surface area (Å²) in [6.45, 7) is 3.11. The maximum absolute atomic E-state index is 13.0. The Morgan fingerprint density at radius 1 is 1.12 bits per heavy atom. The highest BCUT2D eigenvalue weighted by molar-refractivity contribution is 5.80. The zero-order valence-corrected chi connectivity index (χ0v) is 18.1. The number of hydrogen-bond donors (Lipinski definition) is 1. The predicted molar refractivity (Wildman–Crippen MR) is 111 cm³/mol. The topological polar surface area (TPSA) is 89.0 Å². The fourth-order valence-electron chi connectivity index (χ4n) is 3.83. The molecule has 0 aliphatic carbocycles. The van der Waals surface area contributed by atoms with Crippen LogP contribution in [0.4, 0.5) is 17.6 Å². The molecule has 1 N–H and O–H groups in total. The average molecular weight is 484 g/mol. The third kappa shape index (κ3) is 6.73. The van der Waals surface area contributed by atoms with Crippen LogP contribution in [0.3, 0.4) is 0 Å². The van der Waals surface area contributed by atoms with Gasteiger partial charge >= 0.3 is 12.1 Å². The second-order valence-corrected chi connectivity index (χ2v) is 8.13. The molecule has 1 atom stereocenters. The summed E-state index contributed by atoms with van der Waals surface area (Å²) in [4.78, 5) is 27.2. The van der Waals surface area contributed by atoms with Crippen molar-refractivity contribution in [2.75, 3.05) is 26.3 Å². The number of benzene rings is 1. The summed E-state index contributed by atoms with van der Waals surface area (Å²) < 4.78 is 56.6. The molecule has 2 aromatic rings. The van der Waals surface area contributed by atoms with Gasteiger partial charge in [-0.05, 0) is 41.8 Å². The van der Waals surface area contributed by atoms with Gasteiger partial charge in [0.15, 0.2) is 0 Å². The van der Waals surface area contributed by atoms with Gasteiger partial charge in [0.1, 0.15) is 11.4 Å². The van der Waals surface area contributed by atoms with Crippen LogP contribution < -0.4 is 0 Å². The first kappa shape index (κ1) is 25.6. The Kier molecular flexibility index (Phi) is 8.21. The molecule has 1 spiro atoms. The first-order chi connectivity index (χ1) is 16.1. The Balaban J connectivity index is 0.000000406. The van der Waals surface area contributed by atoms with Crippen molar-refractivity contribution in [1.29, 1.82) is 0 Å². The van der Waals surface area contributed by atoms with E-state index in [-0.39, 0.29) is 17.3 Å². The van der Waals surface area contributed by atoms with Gasteiger partial charge in [-0.25, -0.2) is 9.18 Å². The SMILES string of the molecule is O=C(Cc1ccc(F)cc1)N1CC2(C1)OCCC2COCc1ccncc1.O=C(O)C(F)(F)F. The Morgan fingerprint density at radius 3 is 2.32 bits per heavy atom. The molecule has 184 valence electrons. The number of rotatable bonds is 6. The summed E-state index contributed by atoms with van der Waals surface area (Å²) in [6, 6.07) is 9.97. The summed E-state index contributed by atoms with van der Waals surface area (Å²) in [5, 5.41) is 7.12. The van der Waals surface area contributed by atoms with Gasteiger partial charge in [-0.1, -0.05) is 12.1 Å². The molecular weight excluding hydrogens is 460 g/mol. The van der Waals surface area contributed by atoms with Crippen LogP contribution in [0.5, 0.6) is 0 Å². The Hall–Kier alpha value is -3.05. The number of pyridine rings is 1. The molecule has 2 fully saturated rings. The van der Waals surface area contributed by atoms with E-state index in [0.717, 1.165) is 17.5 Å². The Bertz CT molecular complexity index is 964. The largest absolute Gasteiger partial charge is 0.490 e. The van der Waals surface area contributed by atoms with E-state index in [0.29, 0.717) is 45.2 Å². The van der Waals surface area contributed by atoms with Crippen LogP contribution in [0.2, 0.25) is 0 Å². The van der Waals surface area contributed by atoms with Crippen LogP contribution in [0.25, 0.3) is 0 Å². The maximum atomic E-state index is 13.0. The number of carbonyl (C=O) groups is 2. The zero-order valence-electron chi connectivity index (χ0n) is 18.1. The van der Waals surface area contributed by atoms with Gasteiger partial charge < -0.3 is 19.5 Å². The van der Waals surface area contributed by atoms with E-state index >= 15 is 0 Å². The number of carbonyl (C=O) groups excluding carboxylic acids is 1.